The van der Waals surface area contributed by atoms with Crippen molar-refractivity contribution >= 4 is 17.3 Å². The quantitative estimate of drug-likeness (QED) is 0.851. The first-order valence-corrected chi connectivity index (χ1v) is 7.52. The molecule has 1 amide bonds. The van der Waals surface area contributed by atoms with Crippen LogP contribution in [0.3, 0.4) is 0 Å². The Hall–Kier alpha value is -1.71. The van der Waals surface area contributed by atoms with Gasteiger partial charge in [-0.1, -0.05) is 20.8 Å². The number of hydrogen-bond acceptors (Lipinski definition) is 3. The van der Waals surface area contributed by atoms with Crippen LogP contribution in [0.4, 0.5) is 11.4 Å². The fraction of sp³-hybridized carbons (Fsp3) is 0.529. The standard InChI is InChI=1S/C17H26N3O/c1-13(21)19-7-9-20(10-8-19)16-6-5-15(18)11-14(16)12-17(2,3)4/h5-6,11-12H,7-10,18H2,1-4H3. The largest absolute Gasteiger partial charge is 0.399 e. The van der Waals surface area contributed by atoms with Gasteiger partial charge < -0.3 is 15.5 Å². The molecule has 0 unspecified atom stereocenters. The van der Waals surface area contributed by atoms with E-state index in [1.54, 1.807) is 6.92 Å². The molecule has 2 N–H and O–H groups in total. The van der Waals surface area contributed by atoms with E-state index in [1.807, 2.05) is 17.0 Å². The van der Waals surface area contributed by atoms with Gasteiger partial charge in [-0.15, -0.1) is 0 Å². The van der Waals surface area contributed by atoms with Crippen molar-refractivity contribution in [3.05, 3.63) is 30.2 Å². The lowest BCUT2D eigenvalue weighted by Crippen LogP contribution is -2.48. The third-order valence-corrected chi connectivity index (χ3v) is 3.71. The highest BCUT2D eigenvalue weighted by Crippen LogP contribution is 2.32. The number of hydrogen-bond donors (Lipinski definition) is 1. The van der Waals surface area contributed by atoms with Crippen LogP contribution >= 0.6 is 0 Å². The molecular formula is C17H26N3O. The summed E-state index contributed by atoms with van der Waals surface area (Å²) in [5, 5.41) is 0. The van der Waals surface area contributed by atoms with E-state index in [1.165, 1.54) is 11.3 Å². The van der Waals surface area contributed by atoms with Gasteiger partial charge >= 0.3 is 0 Å². The second-order valence-electron chi connectivity index (χ2n) is 6.82. The summed E-state index contributed by atoms with van der Waals surface area (Å²) >= 11 is 0. The van der Waals surface area contributed by atoms with Crippen molar-refractivity contribution in [1.82, 2.24) is 4.90 Å². The van der Waals surface area contributed by atoms with Crippen molar-refractivity contribution in [2.24, 2.45) is 5.41 Å². The summed E-state index contributed by atoms with van der Waals surface area (Å²) in [6, 6.07) is 6.08. The van der Waals surface area contributed by atoms with Gasteiger partial charge in [0.05, 0.1) is 0 Å². The molecule has 1 fully saturated rings. The van der Waals surface area contributed by atoms with E-state index < -0.39 is 0 Å². The van der Waals surface area contributed by atoms with Crippen LogP contribution in [0.25, 0.3) is 0 Å². The number of nitrogen functional groups attached to an aromatic ring is 1. The van der Waals surface area contributed by atoms with Gasteiger partial charge in [-0.05, 0) is 35.6 Å². The zero-order valence-corrected chi connectivity index (χ0v) is 13.5. The summed E-state index contributed by atoms with van der Waals surface area (Å²) in [5.74, 6) is 0.161. The first kappa shape index (κ1) is 15.7. The number of rotatable bonds is 2. The number of nitrogens with two attached hydrogens (primary N) is 1. The van der Waals surface area contributed by atoms with Gasteiger partial charge in [-0.3, -0.25) is 4.79 Å². The summed E-state index contributed by atoms with van der Waals surface area (Å²) in [5.41, 5.74) is 9.23. The molecule has 0 spiro atoms. The number of carbonyl (C=O) groups excluding carboxylic acids is 1. The Labute approximate surface area is 127 Å². The topological polar surface area (TPSA) is 49.6 Å². The molecule has 21 heavy (non-hydrogen) atoms. The van der Waals surface area contributed by atoms with Crippen molar-refractivity contribution in [3.63, 3.8) is 0 Å². The van der Waals surface area contributed by atoms with Gasteiger partial charge in [0.1, 0.15) is 0 Å². The lowest BCUT2D eigenvalue weighted by molar-refractivity contribution is -0.129. The van der Waals surface area contributed by atoms with Crippen molar-refractivity contribution in [2.75, 3.05) is 36.8 Å². The van der Waals surface area contributed by atoms with Crippen LogP contribution in [0, 0.1) is 11.8 Å². The zero-order valence-electron chi connectivity index (χ0n) is 13.5. The van der Waals surface area contributed by atoms with Crippen LogP contribution in [0.5, 0.6) is 0 Å². The number of anilines is 2. The van der Waals surface area contributed by atoms with Crippen LogP contribution in [-0.4, -0.2) is 37.0 Å². The molecule has 0 aliphatic carbocycles. The maximum atomic E-state index is 11.4. The second-order valence-corrected chi connectivity index (χ2v) is 6.82. The van der Waals surface area contributed by atoms with Crippen LogP contribution < -0.4 is 10.6 Å². The Balaban J connectivity index is 2.18. The van der Waals surface area contributed by atoms with Gasteiger partial charge in [-0.25, -0.2) is 0 Å². The number of nitrogens with zero attached hydrogens (tertiary/aromatic N) is 2. The van der Waals surface area contributed by atoms with E-state index >= 15 is 0 Å². The molecule has 0 bridgehead atoms. The highest BCUT2D eigenvalue weighted by Gasteiger charge is 2.22. The summed E-state index contributed by atoms with van der Waals surface area (Å²) in [4.78, 5) is 15.7. The van der Waals surface area contributed by atoms with Gasteiger partial charge in [0.15, 0.2) is 0 Å². The van der Waals surface area contributed by atoms with E-state index in [2.05, 4.69) is 38.2 Å². The van der Waals surface area contributed by atoms with Gasteiger partial charge in [-0.2, -0.15) is 0 Å². The lowest BCUT2D eigenvalue weighted by atomic mass is 9.87. The summed E-state index contributed by atoms with van der Waals surface area (Å²) < 4.78 is 0. The zero-order chi connectivity index (χ0) is 15.6. The normalized spacial score (nSPS) is 16.2. The van der Waals surface area contributed by atoms with E-state index in [9.17, 15) is 4.79 Å². The molecule has 1 aliphatic rings. The Morgan fingerprint density at radius 3 is 2.33 bits per heavy atom. The predicted molar refractivity (Wildman–Crippen MR) is 88.2 cm³/mol. The molecule has 1 aliphatic heterocycles. The Morgan fingerprint density at radius 1 is 1.19 bits per heavy atom. The summed E-state index contributed by atoms with van der Waals surface area (Å²) in [6.45, 7) is 11.5. The fourth-order valence-electron chi connectivity index (χ4n) is 2.71. The maximum Gasteiger partial charge on any atom is 0.219 e. The van der Waals surface area contributed by atoms with E-state index in [4.69, 9.17) is 5.73 Å². The number of piperazine rings is 1. The molecule has 115 valence electrons. The SMILES string of the molecule is CC(=O)N1CCN(c2ccc(N)cc2[CH]C(C)(C)C)CC1. The predicted octanol–water partition coefficient (Wildman–Crippen LogP) is 2.54. The first-order chi connectivity index (χ1) is 9.76. The molecular weight excluding hydrogens is 262 g/mol. The molecule has 1 radical (unpaired) electrons. The summed E-state index contributed by atoms with van der Waals surface area (Å²) in [6.07, 6.45) is 2.26. The second kappa shape index (κ2) is 5.96. The third-order valence-electron chi connectivity index (χ3n) is 3.71. The molecule has 0 saturated carbocycles. The minimum atomic E-state index is 0.101. The lowest BCUT2D eigenvalue weighted by Gasteiger charge is -2.37. The molecule has 2 rings (SSSR count). The Bertz CT molecular complexity index is 511. The summed E-state index contributed by atoms with van der Waals surface area (Å²) in [7, 11) is 0. The van der Waals surface area contributed by atoms with Crippen molar-refractivity contribution in [3.8, 4) is 0 Å². The maximum absolute atomic E-state index is 11.4. The molecule has 4 heteroatoms. The molecule has 1 aromatic carbocycles. The average molecular weight is 288 g/mol. The highest BCUT2D eigenvalue weighted by molar-refractivity contribution is 5.73. The number of benzene rings is 1. The highest BCUT2D eigenvalue weighted by atomic mass is 16.2. The van der Waals surface area contributed by atoms with Crippen LogP contribution in [-0.2, 0) is 4.79 Å². The van der Waals surface area contributed by atoms with Crippen LogP contribution in [0.15, 0.2) is 18.2 Å². The Kier molecular flexibility index (Phi) is 4.45. The third kappa shape index (κ3) is 4.13. The van der Waals surface area contributed by atoms with E-state index in [-0.39, 0.29) is 11.3 Å². The minimum absolute atomic E-state index is 0.101. The van der Waals surface area contributed by atoms with Gasteiger partial charge in [0, 0.05) is 44.5 Å². The smallest absolute Gasteiger partial charge is 0.219 e. The monoisotopic (exact) mass is 288 g/mol. The van der Waals surface area contributed by atoms with Gasteiger partial charge in [0.2, 0.25) is 5.91 Å². The van der Waals surface area contributed by atoms with Crippen LogP contribution in [0.2, 0.25) is 0 Å². The number of carbonyl (C=O) groups is 1. The fourth-order valence-corrected chi connectivity index (χ4v) is 2.71. The Morgan fingerprint density at radius 2 is 1.81 bits per heavy atom. The molecule has 1 aromatic rings. The van der Waals surface area contributed by atoms with Crippen molar-refractivity contribution in [2.45, 2.75) is 27.7 Å². The molecule has 0 aromatic heterocycles. The molecule has 0 atom stereocenters. The molecule has 1 heterocycles. The van der Waals surface area contributed by atoms with Crippen molar-refractivity contribution in [1.29, 1.82) is 0 Å². The molecule has 4 nitrogen and oxygen atoms in total. The molecule has 1 saturated heterocycles. The van der Waals surface area contributed by atoms with Crippen LogP contribution in [0.1, 0.15) is 33.3 Å². The minimum Gasteiger partial charge on any atom is -0.399 e. The van der Waals surface area contributed by atoms with E-state index in [0.29, 0.717) is 0 Å². The number of amides is 1. The van der Waals surface area contributed by atoms with Crippen molar-refractivity contribution < 1.29 is 4.79 Å². The van der Waals surface area contributed by atoms with Gasteiger partial charge in [0.25, 0.3) is 0 Å². The first-order valence-electron chi connectivity index (χ1n) is 7.52. The average Bonchev–Trinajstić information content (AvgIpc) is 2.37. The van der Waals surface area contributed by atoms with E-state index in [0.717, 1.165) is 31.9 Å².